The van der Waals surface area contributed by atoms with Crippen LogP contribution in [0.15, 0.2) is 10.8 Å². The van der Waals surface area contributed by atoms with Gasteiger partial charge in [-0.2, -0.15) is 0 Å². The second-order valence-corrected chi connectivity index (χ2v) is 6.17. The summed E-state index contributed by atoms with van der Waals surface area (Å²) >= 11 is 3.38. The van der Waals surface area contributed by atoms with Crippen LogP contribution in [0.3, 0.4) is 0 Å². The van der Waals surface area contributed by atoms with Gasteiger partial charge in [0, 0.05) is 5.54 Å². The van der Waals surface area contributed by atoms with E-state index in [9.17, 15) is 0 Å². The zero-order valence-electron chi connectivity index (χ0n) is 9.43. The van der Waals surface area contributed by atoms with E-state index in [1.54, 1.807) is 0 Å². The van der Waals surface area contributed by atoms with E-state index in [0.29, 0.717) is 5.54 Å². The Labute approximate surface area is 105 Å². The summed E-state index contributed by atoms with van der Waals surface area (Å²) in [6, 6.07) is 0. The fourth-order valence-corrected chi connectivity index (χ4v) is 2.88. The van der Waals surface area contributed by atoms with Gasteiger partial charge in [-0.25, -0.2) is 4.98 Å². The normalized spacial score (nSPS) is 23.1. The molecule has 0 radical (unpaired) electrons. The molecule has 0 aliphatic heterocycles. The van der Waals surface area contributed by atoms with Crippen LogP contribution in [-0.2, 0) is 6.54 Å². The van der Waals surface area contributed by atoms with E-state index in [1.165, 1.54) is 38.5 Å². The summed E-state index contributed by atoms with van der Waals surface area (Å²) in [5, 5.41) is 3.68. The highest BCUT2D eigenvalue weighted by Gasteiger charge is 2.44. The Hall–Kier alpha value is -0.350. The number of nitrogens with zero attached hydrogens (tertiary/aromatic N) is 1. The topological polar surface area (TPSA) is 40.7 Å². The lowest BCUT2D eigenvalue weighted by atomic mass is 9.80. The Morgan fingerprint density at radius 2 is 2.31 bits per heavy atom. The fraction of sp³-hybridized carbons (Fsp3) is 0.750. The largest absolute Gasteiger partial charge is 0.336 e. The predicted molar refractivity (Wildman–Crippen MR) is 67.1 cm³/mol. The third-order valence-corrected chi connectivity index (χ3v) is 4.39. The molecular weight excluding hydrogens is 266 g/mol. The molecule has 88 valence electrons. The van der Waals surface area contributed by atoms with Gasteiger partial charge in [-0.15, -0.1) is 0 Å². The van der Waals surface area contributed by atoms with E-state index in [4.69, 9.17) is 0 Å². The number of imidazole rings is 1. The number of rotatable bonds is 5. The van der Waals surface area contributed by atoms with Crippen molar-refractivity contribution in [3.63, 3.8) is 0 Å². The number of halogens is 1. The minimum absolute atomic E-state index is 0.463. The molecule has 2 saturated carbocycles. The zero-order valence-corrected chi connectivity index (χ0v) is 11.0. The number of hydrogen-bond donors (Lipinski definition) is 2. The van der Waals surface area contributed by atoms with Crippen LogP contribution < -0.4 is 5.32 Å². The Balaban J connectivity index is 1.50. The Bertz CT molecular complexity index is 366. The first kappa shape index (κ1) is 10.8. The maximum Gasteiger partial charge on any atom is 0.120 e. The van der Waals surface area contributed by atoms with Crippen LogP contribution in [0.2, 0.25) is 0 Å². The predicted octanol–water partition coefficient (Wildman–Crippen LogP) is 2.98. The van der Waals surface area contributed by atoms with Gasteiger partial charge in [0.05, 0.1) is 12.7 Å². The Morgan fingerprint density at radius 1 is 1.50 bits per heavy atom. The van der Waals surface area contributed by atoms with Gasteiger partial charge in [-0.05, 0) is 41.1 Å². The molecule has 2 fully saturated rings. The molecule has 0 amide bonds. The molecule has 3 rings (SSSR count). The molecule has 16 heavy (non-hydrogen) atoms. The third-order valence-electron chi connectivity index (χ3n) is 3.99. The number of aromatic amines is 1. The highest BCUT2D eigenvalue weighted by Crippen LogP contribution is 2.45. The Morgan fingerprint density at radius 3 is 2.81 bits per heavy atom. The minimum Gasteiger partial charge on any atom is -0.336 e. The second-order valence-electron chi connectivity index (χ2n) is 5.31. The molecule has 0 aromatic carbocycles. The van der Waals surface area contributed by atoms with Gasteiger partial charge in [0.1, 0.15) is 10.4 Å². The van der Waals surface area contributed by atoms with Gasteiger partial charge < -0.3 is 10.3 Å². The maximum atomic E-state index is 4.29. The van der Waals surface area contributed by atoms with Crippen molar-refractivity contribution in [1.29, 1.82) is 0 Å². The van der Waals surface area contributed by atoms with Crippen LogP contribution in [0.4, 0.5) is 0 Å². The first-order valence-electron chi connectivity index (χ1n) is 6.20. The molecule has 3 nitrogen and oxygen atoms in total. The number of hydrogen-bond acceptors (Lipinski definition) is 2. The molecule has 1 heterocycles. The summed E-state index contributed by atoms with van der Waals surface area (Å²) < 4.78 is 0.966. The summed E-state index contributed by atoms with van der Waals surface area (Å²) in [6.07, 6.45) is 10.3. The van der Waals surface area contributed by atoms with Crippen LogP contribution >= 0.6 is 15.9 Å². The molecule has 4 heteroatoms. The lowest BCUT2D eigenvalue weighted by Gasteiger charge is -2.30. The van der Waals surface area contributed by atoms with Gasteiger partial charge in [0.2, 0.25) is 0 Å². The van der Waals surface area contributed by atoms with Gasteiger partial charge in [0.15, 0.2) is 0 Å². The summed E-state index contributed by atoms with van der Waals surface area (Å²) in [6.45, 7) is 0.873. The lowest BCUT2D eigenvalue weighted by Crippen LogP contribution is -2.34. The van der Waals surface area contributed by atoms with Crippen molar-refractivity contribution in [2.24, 2.45) is 5.92 Å². The minimum atomic E-state index is 0.463. The summed E-state index contributed by atoms with van der Waals surface area (Å²) in [5.41, 5.74) is 0.463. The first-order valence-corrected chi connectivity index (χ1v) is 6.99. The third kappa shape index (κ3) is 2.33. The van der Waals surface area contributed by atoms with Crippen LogP contribution in [0, 0.1) is 5.92 Å². The van der Waals surface area contributed by atoms with E-state index >= 15 is 0 Å². The maximum absolute atomic E-state index is 4.29. The molecule has 2 N–H and O–H groups in total. The van der Waals surface area contributed by atoms with Crippen molar-refractivity contribution >= 4 is 15.9 Å². The molecule has 2 aliphatic carbocycles. The lowest BCUT2D eigenvalue weighted by molar-refractivity contribution is 0.249. The second kappa shape index (κ2) is 4.15. The number of aromatic nitrogens is 2. The monoisotopic (exact) mass is 283 g/mol. The van der Waals surface area contributed by atoms with Crippen molar-refractivity contribution < 1.29 is 0 Å². The number of H-pyrrole nitrogens is 1. The van der Waals surface area contributed by atoms with Gasteiger partial charge in [0.25, 0.3) is 0 Å². The van der Waals surface area contributed by atoms with Crippen LogP contribution in [0.5, 0.6) is 0 Å². The summed E-state index contributed by atoms with van der Waals surface area (Å²) in [5.74, 6) is 2.03. The molecule has 0 saturated heterocycles. The number of nitrogens with one attached hydrogen (secondary N) is 2. The van der Waals surface area contributed by atoms with Crippen LogP contribution in [0.1, 0.15) is 44.3 Å². The van der Waals surface area contributed by atoms with E-state index in [0.717, 1.165) is 22.9 Å². The standard InChI is InChI=1S/C12H18BrN3/c13-10-7-14-11(16-10)8-15-12(4-5-12)6-9-2-1-3-9/h7,9,15H,1-6,8H2,(H,14,16). The van der Waals surface area contributed by atoms with Crippen molar-refractivity contribution in [2.75, 3.05) is 0 Å². The zero-order chi connectivity index (χ0) is 11.0. The van der Waals surface area contributed by atoms with E-state index in [-0.39, 0.29) is 0 Å². The fourth-order valence-electron chi connectivity index (χ4n) is 2.55. The first-order chi connectivity index (χ1) is 7.76. The van der Waals surface area contributed by atoms with Crippen LogP contribution in [-0.4, -0.2) is 15.5 Å². The quantitative estimate of drug-likeness (QED) is 0.872. The van der Waals surface area contributed by atoms with E-state index in [2.05, 4.69) is 31.2 Å². The Kier molecular flexibility index (Phi) is 2.80. The smallest absolute Gasteiger partial charge is 0.120 e. The van der Waals surface area contributed by atoms with E-state index in [1.807, 2.05) is 6.20 Å². The average Bonchev–Trinajstić information content (AvgIpc) is 2.86. The highest BCUT2D eigenvalue weighted by molar-refractivity contribution is 9.10. The molecular formula is C12H18BrN3. The molecule has 0 unspecified atom stereocenters. The molecule has 1 aromatic heterocycles. The SMILES string of the molecule is Brc1cnc(CNC2(CC3CCC3)CC2)[nH]1. The molecule has 0 spiro atoms. The van der Waals surface area contributed by atoms with Crippen molar-refractivity contribution in [1.82, 2.24) is 15.3 Å². The summed E-state index contributed by atoms with van der Waals surface area (Å²) in [4.78, 5) is 7.50. The van der Waals surface area contributed by atoms with Crippen molar-refractivity contribution in [3.05, 3.63) is 16.6 Å². The molecule has 0 bridgehead atoms. The molecule has 1 aromatic rings. The highest BCUT2D eigenvalue weighted by atomic mass is 79.9. The molecule has 2 aliphatic rings. The van der Waals surface area contributed by atoms with Gasteiger partial charge in [-0.1, -0.05) is 19.3 Å². The van der Waals surface area contributed by atoms with Crippen LogP contribution in [0.25, 0.3) is 0 Å². The van der Waals surface area contributed by atoms with E-state index < -0.39 is 0 Å². The molecule has 0 atom stereocenters. The summed E-state index contributed by atoms with van der Waals surface area (Å²) in [7, 11) is 0. The van der Waals surface area contributed by atoms with Crippen molar-refractivity contribution in [3.8, 4) is 0 Å². The van der Waals surface area contributed by atoms with Gasteiger partial charge >= 0.3 is 0 Å². The van der Waals surface area contributed by atoms with Crippen molar-refractivity contribution in [2.45, 2.75) is 50.6 Å². The van der Waals surface area contributed by atoms with Gasteiger partial charge in [-0.3, -0.25) is 0 Å². The average molecular weight is 284 g/mol.